The molecule has 2 fully saturated rings. The first kappa shape index (κ1) is 25.9. The maximum absolute atomic E-state index is 13.2. The molecule has 5 rings (SSSR count). The van der Waals surface area contributed by atoms with E-state index in [1.165, 1.54) is 0 Å². The van der Waals surface area contributed by atoms with Gasteiger partial charge in [-0.25, -0.2) is 4.79 Å². The molecule has 4 atom stereocenters. The van der Waals surface area contributed by atoms with Crippen molar-refractivity contribution >= 4 is 24.0 Å². The van der Waals surface area contributed by atoms with Crippen LogP contribution in [0.2, 0.25) is 0 Å². The van der Waals surface area contributed by atoms with Gasteiger partial charge in [0.15, 0.2) is 0 Å². The molecule has 9 heteroatoms. The number of hydrogen-bond donors (Lipinski definition) is 1. The van der Waals surface area contributed by atoms with Crippen LogP contribution >= 0.6 is 0 Å². The number of ether oxygens (including phenoxy) is 3. The first-order chi connectivity index (χ1) is 18.4. The Bertz CT molecular complexity index is 1280. The Hall–Kier alpha value is -3.69. The van der Waals surface area contributed by atoms with Crippen LogP contribution in [0, 0.1) is 17.8 Å². The van der Waals surface area contributed by atoms with Crippen molar-refractivity contribution in [2.45, 2.75) is 38.9 Å². The predicted octanol–water partition coefficient (Wildman–Crippen LogP) is 4.12. The number of aliphatic hydroxyl groups excluding tert-OH is 1. The molecule has 1 aliphatic carbocycles. The second-order valence-corrected chi connectivity index (χ2v) is 9.90. The monoisotopic (exact) mass is 521 g/mol. The third-order valence-corrected chi connectivity index (χ3v) is 7.55. The largest absolute Gasteiger partial charge is 0.489 e. The van der Waals surface area contributed by atoms with Gasteiger partial charge in [0, 0.05) is 5.92 Å². The maximum Gasteiger partial charge on any atom is 0.423 e. The lowest BCUT2D eigenvalue weighted by atomic mass is 9.69. The molecule has 2 saturated heterocycles. The minimum atomic E-state index is -0.948. The summed E-state index contributed by atoms with van der Waals surface area (Å²) in [6.07, 6.45) is 2.47. The van der Waals surface area contributed by atoms with Crippen LogP contribution in [0.15, 0.2) is 63.6 Å². The number of hydrogen-bond acceptors (Lipinski definition) is 8. The van der Waals surface area contributed by atoms with Crippen LogP contribution in [0.3, 0.4) is 0 Å². The van der Waals surface area contributed by atoms with E-state index in [0.29, 0.717) is 41.6 Å². The van der Waals surface area contributed by atoms with Crippen molar-refractivity contribution in [1.29, 1.82) is 0 Å². The number of fused-ring (bicyclic) bond motifs is 3. The van der Waals surface area contributed by atoms with Crippen molar-refractivity contribution in [2.24, 2.45) is 17.8 Å². The molecule has 1 aromatic carbocycles. The van der Waals surface area contributed by atoms with E-state index < -0.39 is 29.7 Å². The standard InChI is InChI=1S/C29H31NO8/c1-17(12-20-9-10-21(14-31)38-20)8-11-24-25-18(15-36-19-6-4-3-5-7-19)13-22-26(23(25)16-37-24)28(33)30(27(22)32)29(34)35-2/h3-7,9-10,12,22-24,26,31H,8,11,13-16H2,1-2H3/b17-12+/t22-,23+,24-,26-/m1/s1. The fourth-order valence-corrected chi connectivity index (χ4v) is 5.79. The summed E-state index contributed by atoms with van der Waals surface area (Å²) < 4.78 is 22.6. The van der Waals surface area contributed by atoms with Gasteiger partial charge in [0.25, 0.3) is 0 Å². The van der Waals surface area contributed by atoms with Crippen LogP contribution in [0.25, 0.3) is 6.08 Å². The molecule has 0 saturated carbocycles. The van der Waals surface area contributed by atoms with Crippen LogP contribution in [-0.4, -0.2) is 54.3 Å². The summed E-state index contributed by atoms with van der Waals surface area (Å²) in [5.41, 5.74) is 3.02. The fraction of sp³-hybridized carbons (Fsp3) is 0.414. The predicted molar refractivity (Wildman–Crippen MR) is 136 cm³/mol. The number of furan rings is 1. The number of rotatable bonds is 8. The molecular weight excluding hydrogens is 490 g/mol. The summed E-state index contributed by atoms with van der Waals surface area (Å²) in [5, 5.41) is 9.22. The van der Waals surface area contributed by atoms with E-state index in [2.05, 4.69) is 0 Å². The molecule has 0 bridgehead atoms. The summed E-state index contributed by atoms with van der Waals surface area (Å²) >= 11 is 0. The lowest BCUT2D eigenvalue weighted by Gasteiger charge is -2.31. The molecule has 0 unspecified atom stereocenters. The van der Waals surface area contributed by atoms with Gasteiger partial charge in [-0.2, -0.15) is 4.90 Å². The third-order valence-electron chi connectivity index (χ3n) is 7.55. The molecule has 38 heavy (non-hydrogen) atoms. The Labute approximate surface area is 220 Å². The van der Waals surface area contributed by atoms with E-state index in [9.17, 15) is 19.5 Å². The van der Waals surface area contributed by atoms with Crippen molar-refractivity contribution in [2.75, 3.05) is 20.3 Å². The number of aliphatic hydroxyl groups is 1. The Balaban J connectivity index is 1.39. The molecule has 200 valence electrons. The van der Waals surface area contributed by atoms with Crippen LogP contribution in [0.5, 0.6) is 5.75 Å². The number of nitrogens with zero attached hydrogens (tertiary/aromatic N) is 1. The second kappa shape index (κ2) is 11.0. The average molecular weight is 522 g/mol. The average Bonchev–Trinajstić information content (AvgIpc) is 3.63. The summed E-state index contributed by atoms with van der Waals surface area (Å²) in [6.45, 7) is 2.42. The topological polar surface area (TPSA) is 116 Å². The Kier molecular flexibility index (Phi) is 7.49. The van der Waals surface area contributed by atoms with Crippen LogP contribution in [-0.2, 0) is 25.7 Å². The number of amides is 3. The van der Waals surface area contributed by atoms with E-state index in [0.717, 1.165) is 30.2 Å². The van der Waals surface area contributed by atoms with Crippen LogP contribution in [0.4, 0.5) is 4.79 Å². The first-order valence-electron chi connectivity index (χ1n) is 12.7. The molecule has 2 aliphatic heterocycles. The van der Waals surface area contributed by atoms with E-state index in [4.69, 9.17) is 18.6 Å². The van der Waals surface area contributed by atoms with Crippen molar-refractivity contribution < 1.29 is 38.1 Å². The molecule has 3 aliphatic rings. The van der Waals surface area contributed by atoms with E-state index in [1.807, 2.05) is 49.4 Å². The quantitative estimate of drug-likeness (QED) is 0.408. The zero-order chi connectivity index (χ0) is 26.8. The fourth-order valence-electron chi connectivity index (χ4n) is 5.79. The van der Waals surface area contributed by atoms with Gasteiger partial charge in [-0.1, -0.05) is 23.8 Å². The van der Waals surface area contributed by atoms with E-state index in [1.54, 1.807) is 6.07 Å². The molecule has 9 nitrogen and oxygen atoms in total. The highest BCUT2D eigenvalue weighted by Crippen LogP contribution is 2.50. The number of para-hydroxylation sites is 1. The van der Waals surface area contributed by atoms with E-state index >= 15 is 0 Å². The van der Waals surface area contributed by atoms with Crippen LogP contribution < -0.4 is 4.74 Å². The maximum atomic E-state index is 13.2. The van der Waals surface area contributed by atoms with E-state index in [-0.39, 0.29) is 25.2 Å². The highest BCUT2D eigenvalue weighted by atomic mass is 16.5. The molecule has 1 aromatic heterocycles. The summed E-state index contributed by atoms with van der Waals surface area (Å²) in [6, 6.07) is 13.0. The third kappa shape index (κ3) is 4.91. The molecule has 3 amide bonds. The Morgan fingerprint density at radius 2 is 1.92 bits per heavy atom. The van der Waals surface area contributed by atoms with Gasteiger partial charge in [-0.05, 0) is 67.7 Å². The van der Waals surface area contributed by atoms with Crippen molar-refractivity contribution in [3.05, 3.63) is 70.7 Å². The minimum absolute atomic E-state index is 0.150. The normalized spacial score (nSPS) is 25.0. The summed E-state index contributed by atoms with van der Waals surface area (Å²) in [4.78, 5) is 39.3. The van der Waals surface area contributed by atoms with Gasteiger partial charge in [-0.15, -0.1) is 0 Å². The smallest absolute Gasteiger partial charge is 0.423 e. The van der Waals surface area contributed by atoms with Crippen molar-refractivity contribution in [1.82, 2.24) is 4.90 Å². The summed E-state index contributed by atoms with van der Waals surface area (Å²) in [5.74, 6) is -0.757. The number of likely N-dealkylation sites (tertiary alicyclic amines) is 1. The number of carbonyl (C=O) groups is 3. The molecular formula is C29H31NO8. The molecule has 0 spiro atoms. The van der Waals surface area contributed by atoms with Gasteiger partial charge in [0.2, 0.25) is 11.8 Å². The molecule has 1 N–H and O–H groups in total. The molecule has 0 radical (unpaired) electrons. The Morgan fingerprint density at radius 3 is 2.63 bits per heavy atom. The minimum Gasteiger partial charge on any atom is -0.489 e. The van der Waals surface area contributed by atoms with Gasteiger partial charge in [0.05, 0.1) is 31.7 Å². The second-order valence-electron chi connectivity index (χ2n) is 9.90. The zero-order valence-corrected chi connectivity index (χ0v) is 21.4. The highest BCUT2D eigenvalue weighted by Gasteiger charge is 2.59. The van der Waals surface area contributed by atoms with Crippen LogP contribution in [0.1, 0.15) is 37.7 Å². The van der Waals surface area contributed by atoms with Gasteiger partial charge < -0.3 is 23.7 Å². The number of methoxy groups -OCH3 is 1. The van der Waals surface area contributed by atoms with Crippen molar-refractivity contribution in [3.63, 3.8) is 0 Å². The highest BCUT2D eigenvalue weighted by molar-refractivity contribution is 6.16. The lowest BCUT2D eigenvalue weighted by Crippen LogP contribution is -2.38. The number of carbonyl (C=O) groups excluding carboxylic acids is 3. The van der Waals surface area contributed by atoms with Gasteiger partial charge in [-0.3, -0.25) is 9.59 Å². The SMILES string of the molecule is COC(=O)N1C(=O)[C@@H]2[C@@H](CC(COc3ccccc3)=C3[C@@H](CC/C(C)=C/c4ccc(CO)o4)OC[C@@H]32)C1=O. The summed E-state index contributed by atoms with van der Waals surface area (Å²) in [7, 11) is 1.16. The number of allylic oxidation sites excluding steroid dienone is 1. The van der Waals surface area contributed by atoms with Gasteiger partial charge >= 0.3 is 6.09 Å². The first-order valence-corrected chi connectivity index (χ1v) is 12.7. The number of imide groups is 3. The zero-order valence-electron chi connectivity index (χ0n) is 21.4. The van der Waals surface area contributed by atoms with Crippen molar-refractivity contribution in [3.8, 4) is 5.75 Å². The molecule has 2 aromatic rings. The Morgan fingerprint density at radius 1 is 1.13 bits per heavy atom. The number of benzene rings is 1. The molecule has 3 heterocycles. The lowest BCUT2D eigenvalue weighted by molar-refractivity contribution is -0.137. The van der Waals surface area contributed by atoms with Gasteiger partial charge in [0.1, 0.15) is 30.5 Å².